The van der Waals surface area contributed by atoms with Crippen molar-refractivity contribution >= 4 is 18.4 Å². The molecule has 1 saturated heterocycles. The van der Waals surface area contributed by atoms with Gasteiger partial charge in [-0.25, -0.2) is 4.98 Å². The Hall–Kier alpha value is -0.740. The standard InChI is InChI=1S/C12H19N3S/c16-11-3-6-14-7-9-15(10-8-14)12-4-1-2-5-13-12/h1-2,4-5,16H,3,6-11H2. The van der Waals surface area contributed by atoms with Gasteiger partial charge in [0.2, 0.25) is 0 Å². The molecule has 1 fully saturated rings. The first kappa shape index (κ1) is 11.7. The molecule has 0 aromatic carbocycles. The molecule has 1 aliphatic rings. The molecular formula is C12H19N3S. The second-order valence-electron chi connectivity index (χ2n) is 4.09. The molecule has 0 unspecified atom stereocenters. The van der Waals surface area contributed by atoms with Gasteiger partial charge < -0.3 is 4.90 Å². The Morgan fingerprint density at radius 1 is 1.19 bits per heavy atom. The van der Waals surface area contributed by atoms with E-state index in [1.54, 1.807) is 0 Å². The summed E-state index contributed by atoms with van der Waals surface area (Å²) in [5, 5.41) is 0. The topological polar surface area (TPSA) is 19.4 Å². The van der Waals surface area contributed by atoms with E-state index in [1.165, 1.54) is 13.0 Å². The zero-order chi connectivity index (χ0) is 11.2. The van der Waals surface area contributed by atoms with Crippen LogP contribution in [0.2, 0.25) is 0 Å². The number of aromatic nitrogens is 1. The maximum atomic E-state index is 4.38. The second kappa shape index (κ2) is 6.11. The average molecular weight is 237 g/mol. The highest BCUT2D eigenvalue weighted by atomic mass is 32.1. The summed E-state index contributed by atoms with van der Waals surface area (Å²) in [4.78, 5) is 9.25. The van der Waals surface area contributed by atoms with Crippen molar-refractivity contribution in [1.82, 2.24) is 9.88 Å². The molecule has 16 heavy (non-hydrogen) atoms. The van der Waals surface area contributed by atoms with Crippen LogP contribution in [0.3, 0.4) is 0 Å². The molecule has 0 amide bonds. The number of rotatable bonds is 4. The van der Waals surface area contributed by atoms with Crippen molar-refractivity contribution < 1.29 is 0 Å². The molecule has 3 nitrogen and oxygen atoms in total. The van der Waals surface area contributed by atoms with Crippen LogP contribution in [0.25, 0.3) is 0 Å². The van der Waals surface area contributed by atoms with Crippen molar-refractivity contribution in [2.45, 2.75) is 6.42 Å². The van der Waals surface area contributed by atoms with Crippen LogP contribution in [0, 0.1) is 0 Å². The van der Waals surface area contributed by atoms with Crippen LogP contribution in [0.4, 0.5) is 5.82 Å². The van der Waals surface area contributed by atoms with Gasteiger partial charge in [0.05, 0.1) is 0 Å². The molecule has 0 aliphatic carbocycles. The summed E-state index contributed by atoms with van der Waals surface area (Å²) in [6, 6.07) is 6.10. The molecule has 1 aromatic heterocycles. The fourth-order valence-electron chi connectivity index (χ4n) is 2.04. The summed E-state index contributed by atoms with van der Waals surface area (Å²) in [6.07, 6.45) is 3.05. The third-order valence-electron chi connectivity index (χ3n) is 2.98. The van der Waals surface area contributed by atoms with Crippen LogP contribution in [0.1, 0.15) is 6.42 Å². The third kappa shape index (κ3) is 3.12. The number of nitrogens with zero attached hydrogens (tertiary/aromatic N) is 3. The molecule has 88 valence electrons. The number of hydrogen-bond acceptors (Lipinski definition) is 4. The first-order chi connectivity index (χ1) is 7.90. The highest BCUT2D eigenvalue weighted by Gasteiger charge is 2.16. The SMILES string of the molecule is SCCCN1CCN(c2ccccn2)CC1. The van der Waals surface area contributed by atoms with Gasteiger partial charge in [0, 0.05) is 32.4 Å². The molecule has 0 spiro atoms. The normalized spacial score (nSPS) is 17.7. The maximum Gasteiger partial charge on any atom is 0.128 e. The van der Waals surface area contributed by atoms with E-state index in [1.807, 2.05) is 12.3 Å². The predicted octanol–water partition coefficient (Wildman–Crippen LogP) is 1.52. The minimum absolute atomic E-state index is 0.987. The van der Waals surface area contributed by atoms with Gasteiger partial charge in [-0.15, -0.1) is 0 Å². The first-order valence-electron chi connectivity index (χ1n) is 5.89. The van der Waals surface area contributed by atoms with Crippen LogP contribution < -0.4 is 4.90 Å². The van der Waals surface area contributed by atoms with E-state index in [4.69, 9.17) is 0 Å². The summed E-state index contributed by atoms with van der Waals surface area (Å²) >= 11 is 4.25. The van der Waals surface area contributed by atoms with E-state index in [-0.39, 0.29) is 0 Å². The Morgan fingerprint density at radius 2 is 2.00 bits per heavy atom. The Morgan fingerprint density at radius 3 is 2.62 bits per heavy atom. The number of piperazine rings is 1. The summed E-state index contributed by atoms with van der Waals surface area (Å²) in [7, 11) is 0. The van der Waals surface area contributed by atoms with Gasteiger partial charge in [-0.1, -0.05) is 6.07 Å². The van der Waals surface area contributed by atoms with Gasteiger partial charge in [-0.05, 0) is 30.9 Å². The third-order valence-corrected chi connectivity index (χ3v) is 3.29. The van der Waals surface area contributed by atoms with Crippen molar-refractivity contribution in [3.63, 3.8) is 0 Å². The lowest BCUT2D eigenvalue weighted by molar-refractivity contribution is 0.258. The minimum Gasteiger partial charge on any atom is -0.354 e. The summed E-state index contributed by atoms with van der Waals surface area (Å²) in [5.74, 6) is 2.09. The Kier molecular flexibility index (Phi) is 4.48. The van der Waals surface area contributed by atoms with Gasteiger partial charge >= 0.3 is 0 Å². The van der Waals surface area contributed by atoms with E-state index in [2.05, 4.69) is 39.5 Å². The minimum atomic E-state index is 0.987. The largest absolute Gasteiger partial charge is 0.354 e. The van der Waals surface area contributed by atoms with Crippen molar-refractivity contribution in [2.75, 3.05) is 43.4 Å². The summed E-state index contributed by atoms with van der Waals surface area (Å²) < 4.78 is 0. The van der Waals surface area contributed by atoms with Gasteiger partial charge in [0.25, 0.3) is 0 Å². The van der Waals surface area contributed by atoms with Crippen LogP contribution in [0.5, 0.6) is 0 Å². The molecular weight excluding hydrogens is 218 g/mol. The van der Waals surface area contributed by atoms with Gasteiger partial charge in [0.1, 0.15) is 5.82 Å². The molecule has 0 radical (unpaired) electrons. The summed E-state index contributed by atoms with van der Waals surface area (Å²) in [6.45, 7) is 5.64. The first-order valence-corrected chi connectivity index (χ1v) is 6.52. The molecule has 0 atom stereocenters. The molecule has 0 bridgehead atoms. The molecule has 0 saturated carbocycles. The van der Waals surface area contributed by atoms with E-state index in [0.29, 0.717) is 0 Å². The van der Waals surface area contributed by atoms with E-state index < -0.39 is 0 Å². The number of anilines is 1. The Bertz CT molecular complexity index is 296. The molecule has 4 heteroatoms. The molecule has 1 aromatic rings. The van der Waals surface area contributed by atoms with Crippen LogP contribution in [-0.4, -0.2) is 48.4 Å². The van der Waals surface area contributed by atoms with Crippen molar-refractivity contribution in [3.8, 4) is 0 Å². The van der Waals surface area contributed by atoms with Crippen molar-refractivity contribution in [3.05, 3.63) is 24.4 Å². The highest BCUT2D eigenvalue weighted by Crippen LogP contribution is 2.12. The summed E-state index contributed by atoms with van der Waals surface area (Å²) in [5.41, 5.74) is 0. The van der Waals surface area contributed by atoms with E-state index in [0.717, 1.165) is 37.7 Å². The fraction of sp³-hybridized carbons (Fsp3) is 0.583. The maximum absolute atomic E-state index is 4.38. The van der Waals surface area contributed by atoms with Crippen molar-refractivity contribution in [2.24, 2.45) is 0 Å². The fourth-order valence-corrected chi connectivity index (χ4v) is 2.18. The Labute approximate surface area is 103 Å². The highest BCUT2D eigenvalue weighted by molar-refractivity contribution is 7.80. The molecule has 1 aliphatic heterocycles. The van der Waals surface area contributed by atoms with E-state index in [9.17, 15) is 0 Å². The molecule has 0 N–H and O–H groups in total. The number of pyridine rings is 1. The second-order valence-corrected chi connectivity index (χ2v) is 4.54. The smallest absolute Gasteiger partial charge is 0.128 e. The van der Waals surface area contributed by atoms with Crippen molar-refractivity contribution in [1.29, 1.82) is 0 Å². The molecule has 2 rings (SSSR count). The number of hydrogen-bond donors (Lipinski definition) is 1. The van der Waals surface area contributed by atoms with Gasteiger partial charge in [-0.2, -0.15) is 12.6 Å². The van der Waals surface area contributed by atoms with E-state index >= 15 is 0 Å². The van der Waals surface area contributed by atoms with Crippen LogP contribution in [0.15, 0.2) is 24.4 Å². The lowest BCUT2D eigenvalue weighted by Crippen LogP contribution is -2.46. The van der Waals surface area contributed by atoms with Gasteiger partial charge in [-0.3, -0.25) is 4.90 Å². The Balaban J connectivity index is 1.81. The monoisotopic (exact) mass is 237 g/mol. The average Bonchev–Trinajstić information content (AvgIpc) is 2.38. The lowest BCUT2D eigenvalue weighted by atomic mass is 10.3. The quantitative estimate of drug-likeness (QED) is 0.802. The zero-order valence-corrected chi connectivity index (χ0v) is 10.4. The lowest BCUT2D eigenvalue weighted by Gasteiger charge is -2.35. The zero-order valence-electron chi connectivity index (χ0n) is 9.55. The predicted molar refractivity (Wildman–Crippen MR) is 71.4 cm³/mol. The van der Waals surface area contributed by atoms with Crippen LogP contribution >= 0.6 is 12.6 Å². The van der Waals surface area contributed by atoms with Crippen LogP contribution in [-0.2, 0) is 0 Å². The molecule has 2 heterocycles. The number of thiol groups is 1. The van der Waals surface area contributed by atoms with Gasteiger partial charge in [0.15, 0.2) is 0 Å².